The second-order valence-corrected chi connectivity index (χ2v) is 8.91. The van der Waals surface area contributed by atoms with Crippen LogP contribution in [0.2, 0.25) is 0 Å². The van der Waals surface area contributed by atoms with Crippen LogP contribution in [-0.2, 0) is 0 Å². The van der Waals surface area contributed by atoms with Crippen LogP contribution in [0.1, 0.15) is 52.7 Å². The molecule has 0 aliphatic carbocycles. The molecule has 152 valence electrons. The van der Waals surface area contributed by atoms with Gasteiger partial charge < -0.3 is 9.62 Å². The fourth-order valence-corrected chi connectivity index (χ4v) is 4.76. The van der Waals surface area contributed by atoms with Crippen LogP contribution >= 0.6 is 27.9 Å². The largest absolute Gasteiger partial charge is 0.330 e. The fraction of sp³-hybridized carbons (Fsp3) is 0.381. The van der Waals surface area contributed by atoms with Crippen LogP contribution < -0.4 is 4.72 Å². The Hall–Kier alpha value is -2.06. The van der Waals surface area contributed by atoms with Gasteiger partial charge in [-0.15, -0.1) is 0 Å². The van der Waals surface area contributed by atoms with Crippen LogP contribution in [0, 0.1) is 13.8 Å². The predicted molar refractivity (Wildman–Crippen MR) is 121 cm³/mol. The van der Waals surface area contributed by atoms with E-state index in [9.17, 15) is 4.79 Å². The van der Waals surface area contributed by atoms with E-state index in [4.69, 9.17) is 5.10 Å². The normalized spacial score (nSPS) is 17.0. The van der Waals surface area contributed by atoms with Crippen molar-refractivity contribution in [2.75, 3.05) is 17.5 Å². The summed E-state index contributed by atoms with van der Waals surface area (Å²) in [6, 6.07) is 9.79. The summed E-state index contributed by atoms with van der Waals surface area (Å²) in [6.07, 6.45) is 4.95. The summed E-state index contributed by atoms with van der Waals surface area (Å²) >= 11 is 4.99. The summed E-state index contributed by atoms with van der Waals surface area (Å²) in [7, 11) is 0. The van der Waals surface area contributed by atoms with E-state index in [-0.39, 0.29) is 11.9 Å². The topological polar surface area (TPSA) is 62.5 Å². The van der Waals surface area contributed by atoms with E-state index in [0.29, 0.717) is 5.56 Å². The van der Waals surface area contributed by atoms with Gasteiger partial charge in [0.05, 0.1) is 23.0 Å². The Morgan fingerprint density at radius 2 is 2.07 bits per heavy atom. The number of aryl methyl sites for hydroxylation is 2. The number of rotatable bonds is 4. The molecule has 0 radical (unpaired) electrons. The molecule has 6 nitrogen and oxygen atoms in total. The molecular formula is C21H24BrN5OS. The highest BCUT2D eigenvalue weighted by Gasteiger charge is 2.32. The first-order valence-corrected chi connectivity index (χ1v) is 11.7. The Bertz CT molecular complexity index is 1070. The summed E-state index contributed by atoms with van der Waals surface area (Å²) in [6.45, 7) is 4.75. The minimum atomic E-state index is -0.0428. The Morgan fingerprint density at radius 1 is 1.24 bits per heavy atom. The lowest BCUT2D eigenvalue weighted by atomic mass is 9.98. The molecule has 29 heavy (non-hydrogen) atoms. The van der Waals surface area contributed by atoms with Crippen LogP contribution in [0.25, 0.3) is 5.65 Å². The van der Waals surface area contributed by atoms with Crippen molar-refractivity contribution >= 4 is 45.1 Å². The van der Waals surface area contributed by atoms with Crippen molar-refractivity contribution in [2.45, 2.75) is 39.2 Å². The number of hydrogen-bond donors (Lipinski definition) is 1. The third-order valence-corrected chi connectivity index (χ3v) is 6.20. The Labute approximate surface area is 183 Å². The van der Waals surface area contributed by atoms with Crippen LogP contribution in [0.3, 0.4) is 0 Å². The van der Waals surface area contributed by atoms with Crippen molar-refractivity contribution in [3.8, 4) is 0 Å². The average molecular weight is 474 g/mol. The smallest absolute Gasteiger partial charge is 0.256 e. The molecule has 3 heterocycles. The van der Waals surface area contributed by atoms with Gasteiger partial charge in [-0.05, 0) is 57.4 Å². The van der Waals surface area contributed by atoms with E-state index in [1.807, 2.05) is 59.9 Å². The number of aromatic nitrogens is 3. The first kappa shape index (κ1) is 20.2. The molecule has 1 atom stereocenters. The van der Waals surface area contributed by atoms with Crippen LogP contribution in [0.4, 0.5) is 5.69 Å². The number of nitrogens with one attached hydrogen (secondary N) is 1. The van der Waals surface area contributed by atoms with Gasteiger partial charge >= 0.3 is 0 Å². The van der Waals surface area contributed by atoms with Crippen LogP contribution in [-0.4, -0.2) is 38.2 Å². The zero-order valence-electron chi connectivity index (χ0n) is 16.8. The van der Waals surface area contributed by atoms with Crippen LogP contribution in [0.15, 0.2) is 34.8 Å². The molecule has 1 aliphatic heterocycles. The third kappa shape index (κ3) is 4.00. The number of nitrogens with zero attached hydrogens (tertiary/aromatic N) is 4. The molecule has 3 aromatic rings. The molecule has 2 aromatic heterocycles. The number of amides is 1. The fourth-order valence-electron chi connectivity index (χ4n) is 4.00. The molecule has 1 amide bonds. The van der Waals surface area contributed by atoms with E-state index in [1.54, 1.807) is 0 Å². The highest BCUT2D eigenvalue weighted by Crippen LogP contribution is 2.34. The van der Waals surface area contributed by atoms with E-state index < -0.39 is 0 Å². The van der Waals surface area contributed by atoms with Gasteiger partial charge in [0.15, 0.2) is 5.65 Å². The summed E-state index contributed by atoms with van der Waals surface area (Å²) in [5, 5.41) is 4.81. The number of piperidine rings is 1. The summed E-state index contributed by atoms with van der Waals surface area (Å²) in [4.78, 5) is 20.2. The van der Waals surface area contributed by atoms with Gasteiger partial charge in [-0.1, -0.05) is 27.9 Å². The maximum Gasteiger partial charge on any atom is 0.256 e. The molecule has 1 aliphatic rings. The van der Waals surface area contributed by atoms with E-state index in [0.717, 1.165) is 58.7 Å². The summed E-state index contributed by atoms with van der Waals surface area (Å²) in [5.74, 6) is 0.0328. The first-order chi connectivity index (χ1) is 14.0. The number of anilines is 1. The Kier molecular flexibility index (Phi) is 5.83. The van der Waals surface area contributed by atoms with Gasteiger partial charge in [0.1, 0.15) is 0 Å². The minimum absolute atomic E-state index is 0.0328. The highest BCUT2D eigenvalue weighted by molar-refractivity contribution is 9.10. The maximum absolute atomic E-state index is 13.6. The predicted octanol–water partition coefficient (Wildman–Crippen LogP) is 5.17. The van der Waals surface area contributed by atoms with Gasteiger partial charge in [0, 0.05) is 34.7 Å². The van der Waals surface area contributed by atoms with Crippen molar-refractivity contribution in [1.82, 2.24) is 19.5 Å². The Morgan fingerprint density at radius 3 is 2.86 bits per heavy atom. The quantitative estimate of drug-likeness (QED) is 0.529. The van der Waals surface area contributed by atoms with Crippen molar-refractivity contribution in [3.05, 3.63) is 57.4 Å². The summed E-state index contributed by atoms with van der Waals surface area (Å²) < 4.78 is 6.00. The van der Waals surface area contributed by atoms with Crippen molar-refractivity contribution in [3.63, 3.8) is 0 Å². The first-order valence-electron chi connectivity index (χ1n) is 9.71. The van der Waals surface area contributed by atoms with E-state index >= 15 is 0 Å². The molecule has 4 rings (SSSR count). The van der Waals surface area contributed by atoms with Gasteiger partial charge in [-0.2, -0.15) is 5.10 Å². The zero-order valence-corrected chi connectivity index (χ0v) is 19.2. The lowest BCUT2D eigenvalue weighted by molar-refractivity contribution is 0.0606. The van der Waals surface area contributed by atoms with Gasteiger partial charge in [0.25, 0.3) is 5.91 Å². The number of carbonyl (C=O) groups excluding carboxylic acids is 1. The standard InChI is InChI=1S/C21H24BrN5OS/c1-13-10-14(2)27-20(23-13)12-18(24-27)19-6-4-5-9-26(19)21(28)16-11-15(22)7-8-17(16)25-29-3/h7-8,10-12,19,25H,4-6,9H2,1-3H3. The molecule has 0 bridgehead atoms. The van der Waals surface area contributed by atoms with Gasteiger partial charge in [-0.25, -0.2) is 9.50 Å². The van der Waals surface area contributed by atoms with Crippen molar-refractivity contribution < 1.29 is 4.79 Å². The molecule has 1 aromatic carbocycles. The maximum atomic E-state index is 13.6. The number of hydrogen-bond acceptors (Lipinski definition) is 5. The monoisotopic (exact) mass is 473 g/mol. The summed E-state index contributed by atoms with van der Waals surface area (Å²) in [5.41, 5.74) is 5.27. The molecular weight excluding hydrogens is 450 g/mol. The minimum Gasteiger partial charge on any atom is -0.330 e. The molecule has 1 unspecified atom stereocenters. The second kappa shape index (κ2) is 8.36. The van der Waals surface area contributed by atoms with Crippen molar-refractivity contribution in [2.24, 2.45) is 0 Å². The zero-order chi connectivity index (χ0) is 20.5. The highest BCUT2D eigenvalue weighted by atomic mass is 79.9. The second-order valence-electron chi connectivity index (χ2n) is 7.38. The van der Waals surface area contributed by atoms with E-state index in [1.165, 1.54) is 11.9 Å². The number of fused-ring (bicyclic) bond motifs is 1. The molecule has 0 spiro atoms. The molecule has 1 saturated heterocycles. The molecule has 0 saturated carbocycles. The number of carbonyl (C=O) groups is 1. The van der Waals surface area contributed by atoms with Gasteiger partial charge in [0.2, 0.25) is 0 Å². The molecule has 1 fully saturated rings. The molecule has 8 heteroatoms. The number of benzene rings is 1. The third-order valence-electron chi connectivity index (χ3n) is 5.28. The number of likely N-dealkylation sites (tertiary alicyclic amines) is 1. The Balaban J connectivity index is 1.72. The molecule has 1 N–H and O–H groups in total. The number of halogens is 1. The average Bonchev–Trinajstić information content (AvgIpc) is 3.13. The van der Waals surface area contributed by atoms with Crippen LogP contribution in [0.5, 0.6) is 0 Å². The van der Waals surface area contributed by atoms with E-state index in [2.05, 4.69) is 25.6 Å². The SMILES string of the molecule is CSNc1ccc(Br)cc1C(=O)N1CCCCC1c1cc2nc(C)cc(C)n2n1. The lowest BCUT2D eigenvalue weighted by Crippen LogP contribution is -2.39. The lowest BCUT2D eigenvalue weighted by Gasteiger charge is -2.35. The van der Waals surface area contributed by atoms with Gasteiger partial charge in [-0.3, -0.25) is 4.79 Å². The van der Waals surface area contributed by atoms with Crippen molar-refractivity contribution in [1.29, 1.82) is 0 Å².